The van der Waals surface area contributed by atoms with Crippen LogP contribution in [-0.4, -0.2) is 46.2 Å². The zero-order chi connectivity index (χ0) is 16.4. The first-order valence-electron chi connectivity index (χ1n) is 7.59. The monoisotopic (exact) mass is 329 g/mol. The molecule has 1 saturated heterocycles. The van der Waals surface area contributed by atoms with Crippen LogP contribution in [0.2, 0.25) is 0 Å². The van der Waals surface area contributed by atoms with E-state index in [0.717, 1.165) is 11.3 Å². The molecule has 0 radical (unpaired) electrons. The van der Waals surface area contributed by atoms with Gasteiger partial charge in [0, 0.05) is 26.6 Å². The fourth-order valence-corrected chi connectivity index (χ4v) is 3.72. The third kappa shape index (κ3) is 3.12. The highest BCUT2D eigenvalue weighted by Gasteiger charge is 2.33. The summed E-state index contributed by atoms with van der Waals surface area (Å²) >= 11 is 1.37. The Labute approximate surface area is 139 Å². The summed E-state index contributed by atoms with van der Waals surface area (Å²) in [5.41, 5.74) is 3.52. The van der Waals surface area contributed by atoms with Crippen LogP contribution in [0.5, 0.6) is 0 Å². The average Bonchev–Trinajstić information content (AvgIpc) is 3.00. The Morgan fingerprint density at radius 2 is 1.96 bits per heavy atom. The summed E-state index contributed by atoms with van der Waals surface area (Å²) in [5.74, 6) is 0.0501. The van der Waals surface area contributed by atoms with E-state index in [4.69, 9.17) is 0 Å². The van der Waals surface area contributed by atoms with Crippen LogP contribution in [0.3, 0.4) is 0 Å². The lowest BCUT2D eigenvalue weighted by Gasteiger charge is -2.41. The van der Waals surface area contributed by atoms with Crippen molar-refractivity contribution in [1.29, 1.82) is 0 Å². The highest BCUT2D eigenvalue weighted by atomic mass is 32.1. The van der Waals surface area contributed by atoms with Gasteiger partial charge < -0.3 is 9.80 Å². The number of aromatic nitrogens is 1. The van der Waals surface area contributed by atoms with E-state index < -0.39 is 0 Å². The number of rotatable bonds is 2. The number of nitrogens with zero attached hydrogens (tertiary/aromatic N) is 3. The van der Waals surface area contributed by atoms with E-state index in [2.05, 4.69) is 4.98 Å². The van der Waals surface area contributed by atoms with Gasteiger partial charge in [-0.2, -0.15) is 0 Å². The van der Waals surface area contributed by atoms with Gasteiger partial charge in [0.25, 0.3) is 5.91 Å². The zero-order valence-corrected chi connectivity index (χ0v) is 14.0. The van der Waals surface area contributed by atoms with Gasteiger partial charge in [0.2, 0.25) is 5.91 Å². The van der Waals surface area contributed by atoms with Gasteiger partial charge in [-0.25, -0.2) is 4.98 Å². The topological polar surface area (TPSA) is 53.5 Å². The summed E-state index contributed by atoms with van der Waals surface area (Å²) in [6, 6.07) is 9.79. The molecule has 120 valence electrons. The van der Waals surface area contributed by atoms with Gasteiger partial charge in [-0.05, 0) is 12.5 Å². The Morgan fingerprint density at radius 1 is 1.22 bits per heavy atom. The molecule has 2 heterocycles. The number of thiazole rings is 1. The number of hydrogen-bond acceptors (Lipinski definition) is 4. The molecule has 6 heteroatoms. The summed E-state index contributed by atoms with van der Waals surface area (Å²) in [6.07, 6.45) is 0. The predicted molar refractivity (Wildman–Crippen MR) is 89.3 cm³/mol. The number of carbonyl (C=O) groups is 2. The second-order valence-corrected chi connectivity index (χ2v) is 6.51. The standard InChI is InChI=1S/C17H19N3O2S/c1-12-16(23-11-18-12)17(22)19-8-9-20(13(2)21)15(10-19)14-6-4-3-5-7-14/h3-7,11,15H,8-10H2,1-2H3/t15-/m0/s1. The molecule has 1 fully saturated rings. The van der Waals surface area contributed by atoms with E-state index in [1.54, 1.807) is 12.4 Å². The summed E-state index contributed by atoms with van der Waals surface area (Å²) in [6.45, 7) is 5.06. The third-order valence-electron chi connectivity index (χ3n) is 4.20. The van der Waals surface area contributed by atoms with Gasteiger partial charge in [-0.1, -0.05) is 30.3 Å². The second kappa shape index (κ2) is 6.50. The Balaban J connectivity index is 1.85. The van der Waals surface area contributed by atoms with Crippen LogP contribution in [0, 0.1) is 6.92 Å². The molecule has 0 N–H and O–H groups in total. The lowest BCUT2D eigenvalue weighted by molar-refractivity contribution is -0.133. The zero-order valence-electron chi connectivity index (χ0n) is 13.2. The predicted octanol–water partition coefficient (Wildman–Crippen LogP) is 2.50. The Morgan fingerprint density at radius 3 is 2.57 bits per heavy atom. The van der Waals surface area contributed by atoms with Crippen molar-refractivity contribution in [1.82, 2.24) is 14.8 Å². The maximum Gasteiger partial charge on any atom is 0.265 e. The SMILES string of the molecule is CC(=O)N1CCN(C(=O)c2scnc2C)C[C@H]1c1ccccc1. The lowest BCUT2D eigenvalue weighted by Crippen LogP contribution is -2.51. The van der Waals surface area contributed by atoms with Gasteiger partial charge in [0.1, 0.15) is 4.88 Å². The third-order valence-corrected chi connectivity index (χ3v) is 5.11. The highest BCUT2D eigenvalue weighted by Crippen LogP contribution is 2.27. The van der Waals surface area contributed by atoms with Crippen LogP contribution >= 0.6 is 11.3 Å². The number of benzene rings is 1. The van der Waals surface area contributed by atoms with Gasteiger partial charge in [-0.15, -0.1) is 11.3 Å². The van der Waals surface area contributed by atoms with Crippen LogP contribution in [0.1, 0.15) is 33.9 Å². The first-order chi connectivity index (χ1) is 11.1. The Hall–Kier alpha value is -2.21. The smallest absolute Gasteiger partial charge is 0.265 e. The first kappa shape index (κ1) is 15.7. The molecule has 0 bridgehead atoms. The molecule has 2 aromatic rings. The first-order valence-corrected chi connectivity index (χ1v) is 8.47. The molecule has 0 saturated carbocycles. The number of hydrogen-bond donors (Lipinski definition) is 0. The molecule has 0 spiro atoms. The van der Waals surface area contributed by atoms with Gasteiger partial charge in [0.15, 0.2) is 0 Å². The summed E-state index contributed by atoms with van der Waals surface area (Å²) in [5, 5.41) is 0. The van der Waals surface area contributed by atoms with Crippen molar-refractivity contribution in [2.45, 2.75) is 19.9 Å². The van der Waals surface area contributed by atoms with E-state index >= 15 is 0 Å². The molecule has 1 aromatic carbocycles. The largest absolute Gasteiger partial charge is 0.334 e. The fourth-order valence-electron chi connectivity index (χ4n) is 2.96. The van der Waals surface area contributed by atoms with Crippen LogP contribution in [0.4, 0.5) is 0 Å². The van der Waals surface area contributed by atoms with Gasteiger partial charge >= 0.3 is 0 Å². The molecule has 5 nitrogen and oxygen atoms in total. The molecule has 23 heavy (non-hydrogen) atoms. The van der Waals surface area contributed by atoms with Crippen LogP contribution < -0.4 is 0 Å². The Kier molecular flexibility index (Phi) is 4.43. The van der Waals surface area contributed by atoms with Gasteiger partial charge in [-0.3, -0.25) is 9.59 Å². The molecule has 1 atom stereocenters. The van der Waals surface area contributed by atoms with E-state index in [0.29, 0.717) is 24.5 Å². The summed E-state index contributed by atoms with van der Waals surface area (Å²) < 4.78 is 0. The van der Waals surface area contributed by atoms with Crippen molar-refractivity contribution in [3.05, 3.63) is 52.0 Å². The minimum Gasteiger partial charge on any atom is -0.334 e. The molecule has 0 aliphatic carbocycles. The summed E-state index contributed by atoms with van der Waals surface area (Å²) in [4.78, 5) is 33.2. The molecule has 1 aromatic heterocycles. The summed E-state index contributed by atoms with van der Waals surface area (Å²) in [7, 11) is 0. The molecule has 2 amide bonds. The molecule has 1 aliphatic heterocycles. The number of carbonyl (C=O) groups excluding carboxylic acids is 2. The average molecular weight is 329 g/mol. The van der Waals surface area contributed by atoms with Crippen molar-refractivity contribution < 1.29 is 9.59 Å². The van der Waals surface area contributed by atoms with Crippen molar-refractivity contribution in [3.8, 4) is 0 Å². The minimum atomic E-state index is -0.0976. The van der Waals surface area contributed by atoms with E-state index in [1.165, 1.54) is 11.3 Å². The van der Waals surface area contributed by atoms with Crippen LogP contribution in [0.15, 0.2) is 35.8 Å². The maximum atomic E-state index is 12.7. The van der Waals surface area contributed by atoms with Crippen molar-refractivity contribution in [2.24, 2.45) is 0 Å². The highest BCUT2D eigenvalue weighted by molar-refractivity contribution is 7.11. The molecular weight excluding hydrogens is 310 g/mol. The van der Waals surface area contributed by atoms with Crippen molar-refractivity contribution in [3.63, 3.8) is 0 Å². The quantitative estimate of drug-likeness (QED) is 0.850. The number of aryl methyl sites for hydroxylation is 1. The minimum absolute atomic E-state index is 0.00846. The van der Waals surface area contributed by atoms with Crippen LogP contribution in [-0.2, 0) is 4.79 Å². The molecule has 3 rings (SSSR count). The van der Waals surface area contributed by atoms with E-state index in [-0.39, 0.29) is 17.9 Å². The lowest BCUT2D eigenvalue weighted by atomic mass is 10.0. The molecule has 1 aliphatic rings. The van der Waals surface area contributed by atoms with Crippen molar-refractivity contribution >= 4 is 23.2 Å². The van der Waals surface area contributed by atoms with E-state index in [1.807, 2.05) is 47.1 Å². The second-order valence-electron chi connectivity index (χ2n) is 5.66. The maximum absolute atomic E-state index is 12.7. The fraction of sp³-hybridized carbons (Fsp3) is 0.353. The van der Waals surface area contributed by atoms with Crippen LogP contribution in [0.25, 0.3) is 0 Å². The molecule has 0 unspecified atom stereocenters. The van der Waals surface area contributed by atoms with E-state index in [9.17, 15) is 9.59 Å². The van der Waals surface area contributed by atoms with Gasteiger partial charge in [0.05, 0.1) is 17.2 Å². The van der Waals surface area contributed by atoms with Crippen molar-refractivity contribution in [2.75, 3.05) is 19.6 Å². The Bertz CT molecular complexity index is 714. The number of piperazine rings is 1. The normalized spacial score (nSPS) is 18.1. The molecular formula is C17H19N3O2S. The number of amides is 2.